The topological polar surface area (TPSA) is 75.0 Å². The van der Waals surface area contributed by atoms with Crippen molar-refractivity contribution in [3.05, 3.63) is 23.2 Å². The van der Waals surface area contributed by atoms with Crippen LogP contribution in [0.25, 0.3) is 0 Å². The average Bonchev–Trinajstić information content (AvgIpc) is 2.64. The first-order valence-electron chi connectivity index (χ1n) is 10.9. The second-order valence-corrected chi connectivity index (χ2v) is 15.5. The van der Waals surface area contributed by atoms with E-state index in [-0.39, 0.29) is 17.2 Å². The number of hydrogen-bond donors (Lipinski definition) is 0. The van der Waals surface area contributed by atoms with E-state index in [9.17, 15) is 9.70 Å². The lowest BCUT2D eigenvalue weighted by Gasteiger charge is -2.44. The van der Waals surface area contributed by atoms with Crippen LogP contribution in [0.15, 0.2) is 18.3 Å². The van der Waals surface area contributed by atoms with Crippen LogP contribution in [0.4, 0.5) is 16.3 Å². The van der Waals surface area contributed by atoms with Crippen molar-refractivity contribution in [1.29, 1.82) is 0 Å². The van der Waals surface area contributed by atoms with Gasteiger partial charge >= 0.3 is 11.9 Å². The van der Waals surface area contributed by atoms with Crippen molar-refractivity contribution in [2.75, 3.05) is 38.2 Å². The van der Waals surface area contributed by atoms with Gasteiger partial charge in [0, 0.05) is 25.7 Å². The molecule has 0 N–H and O–H groups in total. The summed E-state index contributed by atoms with van der Waals surface area (Å²) >= 11 is 0. The van der Waals surface area contributed by atoms with Gasteiger partial charge in [0.05, 0.1) is 18.3 Å². The molecule has 0 spiro atoms. The highest BCUT2D eigenvalue weighted by Gasteiger charge is 2.40. The van der Waals surface area contributed by atoms with Crippen LogP contribution in [-0.4, -0.2) is 74.0 Å². The Morgan fingerprint density at radius 3 is 2.32 bits per heavy atom. The van der Waals surface area contributed by atoms with Crippen LogP contribution in [0.1, 0.15) is 41.5 Å². The molecule has 1 saturated heterocycles. The van der Waals surface area contributed by atoms with Crippen molar-refractivity contribution in [3.8, 4) is 0 Å². The summed E-state index contributed by atoms with van der Waals surface area (Å²) in [7, 11) is -0.545. The number of piperazine rings is 1. The molecule has 174 valence electrons. The number of nitrogens with zero attached hydrogens (tertiary/aromatic N) is 4. The molecule has 1 atom stereocenters. The number of anilines is 1. The summed E-state index contributed by atoms with van der Waals surface area (Å²) in [5, 5.41) is 0.0855. The standard InChI is InChI=1S/C22H39N4O4Si/c1-21(2,3)30-20(27)26-13-12-25(17-10-11-19(23-14-17)24(7)28)15-18(26)16-29-31(8,9)22(4,5)6/h10-11,14,18H,12-13,15-16H2,1-9H3/q+1/t18-/m1/s1. The third kappa shape index (κ3) is 6.74. The monoisotopic (exact) mass is 451 g/mol. The third-order valence-corrected chi connectivity index (χ3v) is 10.5. The van der Waals surface area contributed by atoms with Crippen LogP contribution in [0.2, 0.25) is 18.1 Å². The second-order valence-electron chi connectivity index (χ2n) is 10.7. The van der Waals surface area contributed by atoms with Gasteiger partial charge in [-0.1, -0.05) is 25.7 Å². The van der Waals surface area contributed by atoms with Gasteiger partial charge in [0.25, 0.3) is 0 Å². The minimum absolute atomic E-state index is 0.0855. The SMILES string of the molecule is C[N+](=O)c1ccc(N2CCN(C(=O)OC(C)(C)C)[C@@H](CO[Si](C)(C)C(C)(C)C)C2)cn1. The third-order valence-electron chi connectivity index (χ3n) is 5.97. The Morgan fingerprint density at radius 1 is 1.19 bits per heavy atom. The van der Waals surface area contributed by atoms with Crippen LogP contribution >= 0.6 is 0 Å². The van der Waals surface area contributed by atoms with Gasteiger partial charge in [-0.15, -0.1) is 0 Å². The fourth-order valence-electron chi connectivity index (χ4n) is 3.07. The van der Waals surface area contributed by atoms with E-state index in [2.05, 4.69) is 43.7 Å². The molecule has 9 heteroatoms. The molecule has 8 nitrogen and oxygen atoms in total. The van der Waals surface area contributed by atoms with Crippen molar-refractivity contribution >= 4 is 25.9 Å². The van der Waals surface area contributed by atoms with Crippen molar-refractivity contribution in [3.63, 3.8) is 0 Å². The highest BCUT2D eigenvalue weighted by molar-refractivity contribution is 6.74. The molecule has 1 fully saturated rings. The van der Waals surface area contributed by atoms with E-state index in [0.717, 1.165) is 10.4 Å². The fraction of sp³-hybridized carbons (Fsp3) is 0.727. The molecule has 31 heavy (non-hydrogen) atoms. The Morgan fingerprint density at radius 2 is 1.84 bits per heavy atom. The van der Waals surface area contributed by atoms with Crippen LogP contribution in [0, 0.1) is 4.91 Å². The van der Waals surface area contributed by atoms with Gasteiger partial charge in [0.2, 0.25) is 0 Å². The molecule has 0 radical (unpaired) electrons. The number of pyridine rings is 1. The zero-order valence-corrected chi connectivity index (χ0v) is 21.6. The largest absolute Gasteiger partial charge is 0.444 e. The number of amides is 1. The van der Waals surface area contributed by atoms with E-state index in [4.69, 9.17) is 9.16 Å². The summed E-state index contributed by atoms with van der Waals surface area (Å²) < 4.78 is 12.9. The molecule has 1 amide bonds. The number of rotatable bonds is 5. The maximum absolute atomic E-state index is 12.9. The maximum Gasteiger partial charge on any atom is 0.410 e. The van der Waals surface area contributed by atoms with Crippen LogP contribution in [-0.2, 0) is 9.16 Å². The summed E-state index contributed by atoms with van der Waals surface area (Å²) in [5.74, 6) is 0.369. The van der Waals surface area contributed by atoms with Crippen molar-refractivity contribution in [1.82, 2.24) is 9.88 Å². The quantitative estimate of drug-likeness (QED) is 0.482. The zero-order chi connectivity index (χ0) is 23.6. The Hall–Kier alpha value is -2.00. The van der Waals surface area contributed by atoms with E-state index < -0.39 is 13.9 Å². The highest BCUT2D eigenvalue weighted by Crippen LogP contribution is 2.37. The van der Waals surface area contributed by atoms with Gasteiger partial charge in [0.1, 0.15) is 12.6 Å². The predicted molar refractivity (Wildman–Crippen MR) is 126 cm³/mol. The predicted octanol–water partition coefficient (Wildman–Crippen LogP) is 4.57. The second kappa shape index (κ2) is 9.24. The van der Waals surface area contributed by atoms with Gasteiger partial charge in [-0.3, -0.25) is 4.90 Å². The Labute approximate surface area is 187 Å². The van der Waals surface area contributed by atoms with E-state index in [1.807, 2.05) is 26.8 Å². The summed E-state index contributed by atoms with van der Waals surface area (Å²) in [6.07, 6.45) is 1.40. The first kappa shape index (κ1) is 25.3. The molecule has 0 aliphatic carbocycles. The fourth-order valence-corrected chi connectivity index (χ4v) is 4.11. The molecule has 0 aromatic carbocycles. The summed E-state index contributed by atoms with van der Waals surface area (Å²) in [6.45, 7) is 18.9. The molecule has 1 aromatic rings. The van der Waals surface area contributed by atoms with Gasteiger partial charge in [0.15, 0.2) is 14.5 Å². The van der Waals surface area contributed by atoms with Crippen molar-refractivity contribution < 1.29 is 18.7 Å². The van der Waals surface area contributed by atoms with Crippen LogP contribution in [0.3, 0.4) is 0 Å². The lowest BCUT2D eigenvalue weighted by Crippen LogP contribution is -2.59. The normalized spacial score (nSPS) is 18.2. The molecule has 1 aliphatic rings. The smallest absolute Gasteiger partial charge is 0.410 e. The van der Waals surface area contributed by atoms with Gasteiger partial charge in [-0.2, -0.15) is 0 Å². The van der Waals surface area contributed by atoms with E-state index in [1.54, 1.807) is 17.2 Å². The van der Waals surface area contributed by atoms with Gasteiger partial charge in [-0.25, -0.2) is 4.79 Å². The summed E-state index contributed by atoms with van der Waals surface area (Å²) in [5.41, 5.74) is 0.371. The molecule has 0 unspecified atom stereocenters. The number of hydrogen-bond acceptors (Lipinski definition) is 6. The van der Waals surface area contributed by atoms with Gasteiger partial charge < -0.3 is 14.1 Å². The zero-order valence-electron chi connectivity index (χ0n) is 20.6. The molecule has 1 aliphatic heterocycles. The first-order chi connectivity index (χ1) is 14.1. The molecule has 2 rings (SSSR count). The molecule has 1 aromatic heterocycles. The Bertz CT molecular complexity index is 784. The summed E-state index contributed by atoms with van der Waals surface area (Å²) in [4.78, 5) is 32.6. The average molecular weight is 452 g/mol. The van der Waals surface area contributed by atoms with Crippen molar-refractivity contribution in [2.45, 2.75) is 71.3 Å². The number of ether oxygens (including phenoxy) is 1. The highest BCUT2D eigenvalue weighted by atomic mass is 28.4. The van der Waals surface area contributed by atoms with E-state index in [0.29, 0.717) is 32.1 Å². The number of carbonyl (C=O) groups is 1. The minimum Gasteiger partial charge on any atom is -0.444 e. The first-order valence-corrected chi connectivity index (χ1v) is 13.8. The Kier molecular flexibility index (Phi) is 7.53. The molecular formula is C22H39N4O4Si+. The number of nitroso groups, excluding NO2 is 1. The van der Waals surface area contributed by atoms with Crippen LogP contribution in [0.5, 0.6) is 0 Å². The number of aromatic nitrogens is 1. The molecule has 0 bridgehead atoms. The molecule has 2 heterocycles. The minimum atomic E-state index is -1.97. The van der Waals surface area contributed by atoms with Crippen LogP contribution < -0.4 is 4.90 Å². The lowest BCUT2D eigenvalue weighted by atomic mass is 10.1. The van der Waals surface area contributed by atoms with Crippen molar-refractivity contribution in [2.24, 2.45) is 0 Å². The molecular weight excluding hydrogens is 412 g/mol. The van der Waals surface area contributed by atoms with E-state index in [1.165, 1.54) is 7.05 Å². The lowest BCUT2D eigenvalue weighted by molar-refractivity contribution is -0.432. The maximum atomic E-state index is 12.9. The Balaban J connectivity index is 2.20. The summed E-state index contributed by atoms with van der Waals surface area (Å²) in [6, 6.07) is 3.47. The van der Waals surface area contributed by atoms with E-state index >= 15 is 0 Å². The van der Waals surface area contributed by atoms with Gasteiger partial charge in [-0.05, 0) is 54.7 Å². The number of carbonyl (C=O) groups excluding carboxylic acids is 1. The molecule has 0 saturated carbocycles.